The average Bonchev–Trinajstić information content (AvgIpc) is 3.31. The molecule has 3 rings (SSSR count). The van der Waals surface area contributed by atoms with E-state index in [4.69, 9.17) is 14.2 Å². The van der Waals surface area contributed by atoms with Crippen LogP contribution in [-0.2, 0) is 20.7 Å². The summed E-state index contributed by atoms with van der Waals surface area (Å²) in [5, 5.41) is 9.43. The van der Waals surface area contributed by atoms with Gasteiger partial charge in [-0.25, -0.2) is 4.79 Å². The summed E-state index contributed by atoms with van der Waals surface area (Å²) in [5.41, 5.74) is 1.17. The van der Waals surface area contributed by atoms with E-state index in [-0.39, 0.29) is 0 Å². The van der Waals surface area contributed by atoms with Gasteiger partial charge in [-0.2, -0.15) is 0 Å². The number of rotatable bonds is 12. The van der Waals surface area contributed by atoms with Crippen LogP contribution in [0.2, 0.25) is 0 Å². The molecule has 0 spiro atoms. The number of unbranched alkanes of at least 4 members (excludes halogenated alkanes) is 1. The number of carboxylic acid groups (broad SMARTS) is 1. The molecule has 1 N–H and O–H groups in total. The van der Waals surface area contributed by atoms with Crippen molar-refractivity contribution in [2.24, 2.45) is 11.8 Å². The molecule has 0 amide bonds. The molecule has 5 atom stereocenters. The summed E-state index contributed by atoms with van der Waals surface area (Å²) in [6.45, 7) is 5.42. The molecule has 2 saturated heterocycles. The average molecular weight is 403 g/mol. The van der Waals surface area contributed by atoms with Gasteiger partial charge in [-0.05, 0) is 62.6 Å². The van der Waals surface area contributed by atoms with Gasteiger partial charge in [-0.3, -0.25) is 0 Å². The van der Waals surface area contributed by atoms with Gasteiger partial charge in [-0.1, -0.05) is 37.6 Å². The lowest BCUT2D eigenvalue weighted by Gasteiger charge is -2.28. The topological polar surface area (TPSA) is 65.0 Å². The number of aliphatic carboxylic acids is 1. The minimum atomic E-state index is -0.899. The van der Waals surface area contributed by atoms with Crippen LogP contribution in [0.25, 0.3) is 0 Å². The van der Waals surface area contributed by atoms with Crippen LogP contribution in [0.3, 0.4) is 0 Å². The monoisotopic (exact) mass is 402 g/mol. The third-order valence-corrected chi connectivity index (χ3v) is 6.09. The highest BCUT2D eigenvalue weighted by Gasteiger charge is 2.48. The van der Waals surface area contributed by atoms with Gasteiger partial charge in [0.05, 0.1) is 25.4 Å². The first-order valence-corrected chi connectivity index (χ1v) is 10.9. The third-order valence-electron chi connectivity index (χ3n) is 6.09. The van der Waals surface area contributed by atoms with E-state index >= 15 is 0 Å². The Morgan fingerprint density at radius 3 is 2.83 bits per heavy atom. The molecule has 2 aliphatic heterocycles. The van der Waals surface area contributed by atoms with Crippen LogP contribution in [0.5, 0.6) is 5.75 Å². The molecule has 2 fully saturated rings. The molecule has 0 aromatic heterocycles. The fraction of sp³-hybridized carbons (Fsp3) is 0.625. The van der Waals surface area contributed by atoms with Crippen molar-refractivity contribution in [2.45, 2.75) is 70.7 Å². The van der Waals surface area contributed by atoms with Crippen molar-refractivity contribution < 1.29 is 24.1 Å². The Kier molecular flexibility index (Phi) is 8.13. The number of fused-ring (bicyclic) bond motifs is 2. The number of allylic oxidation sites excluding steroid dienone is 1. The standard InChI is InChI=1S/C24H34O5/c1-3-5-10-23(24(25)26)28-18-9-7-8-17(14-18)15-19-20(16-27-13-6-4-2)22-12-11-21(19)29-22/h4,6-9,14,19-23H,3,5,10-13,15-16H2,1-2H3,(H,25,26)/b6-4+. The smallest absolute Gasteiger partial charge is 0.344 e. The van der Waals surface area contributed by atoms with Crippen LogP contribution in [0.1, 0.15) is 51.5 Å². The van der Waals surface area contributed by atoms with Crippen molar-refractivity contribution in [3.05, 3.63) is 42.0 Å². The summed E-state index contributed by atoms with van der Waals surface area (Å²) in [6, 6.07) is 7.89. The molecule has 2 bridgehead atoms. The number of carboxylic acids is 1. The summed E-state index contributed by atoms with van der Waals surface area (Å²) >= 11 is 0. The molecule has 0 aliphatic carbocycles. The highest BCUT2D eigenvalue weighted by atomic mass is 16.5. The molecule has 2 heterocycles. The van der Waals surface area contributed by atoms with Crippen LogP contribution in [-0.4, -0.2) is 42.6 Å². The van der Waals surface area contributed by atoms with Crippen molar-refractivity contribution in [3.63, 3.8) is 0 Å². The lowest BCUT2D eigenvalue weighted by Crippen LogP contribution is -2.32. The van der Waals surface area contributed by atoms with E-state index in [2.05, 4.69) is 13.0 Å². The van der Waals surface area contributed by atoms with Gasteiger partial charge in [0.25, 0.3) is 0 Å². The molecule has 29 heavy (non-hydrogen) atoms. The molecule has 1 aromatic rings. The minimum Gasteiger partial charge on any atom is -0.479 e. The van der Waals surface area contributed by atoms with Crippen molar-refractivity contribution in [3.8, 4) is 5.75 Å². The third kappa shape index (κ3) is 5.83. The van der Waals surface area contributed by atoms with Crippen LogP contribution >= 0.6 is 0 Å². The molecule has 5 heteroatoms. The van der Waals surface area contributed by atoms with Gasteiger partial charge >= 0.3 is 5.97 Å². The summed E-state index contributed by atoms with van der Waals surface area (Å²) in [4.78, 5) is 11.5. The van der Waals surface area contributed by atoms with E-state index in [1.165, 1.54) is 5.56 Å². The molecule has 5 nitrogen and oxygen atoms in total. The Balaban J connectivity index is 1.63. The molecule has 5 unspecified atom stereocenters. The predicted octanol–water partition coefficient (Wildman–Crippen LogP) is 4.64. The maximum absolute atomic E-state index is 11.5. The van der Waals surface area contributed by atoms with Gasteiger partial charge < -0.3 is 19.3 Å². The van der Waals surface area contributed by atoms with Gasteiger partial charge in [0.15, 0.2) is 6.10 Å². The van der Waals surface area contributed by atoms with Gasteiger partial charge in [0.1, 0.15) is 5.75 Å². The number of carbonyl (C=O) groups is 1. The minimum absolute atomic E-state index is 0.302. The van der Waals surface area contributed by atoms with Crippen LogP contribution in [0.4, 0.5) is 0 Å². The van der Waals surface area contributed by atoms with Crippen LogP contribution in [0.15, 0.2) is 36.4 Å². The summed E-state index contributed by atoms with van der Waals surface area (Å²) in [5.74, 6) is 0.588. The molecule has 0 radical (unpaired) electrons. The zero-order chi connectivity index (χ0) is 20.6. The maximum atomic E-state index is 11.5. The Labute approximate surface area is 174 Å². The predicted molar refractivity (Wildman–Crippen MR) is 112 cm³/mol. The Hall–Kier alpha value is -1.85. The van der Waals surface area contributed by atoms with E-state index in [0.29, 0.717) is 42.8 Å². The quantitative estimate of drug-likeness (QED) is 0.408. The molecule has 1 aromatic carbocycles. The van der Waals surface area contributed by atoms with Crippen LogP contribution < -0.4 is 4.74 Å². The molecule has 2 aliphatic rings. The van der Waals surface area contributed by atoms with Crippen molar-refractivity contribution in [2.75, 3.05) is 13.2 Å². The first-order chi connectivity index (χ1) is 14.1. The zero-order valence-electron chi connectivity index (χ0n) is 17.6. The highest BCUT2D eigenvalue weighted by Crippen LogP contribution is 2.45. The highest BCUT2D eigenvalue weighted by molar-refractivity contribution is 5.72. The summed E-state index contributed by atoms with van der Waals surface area (Å²) in [6.07, 6.45) is 9.33. The van der Waals surface area contributed by atoms with E-state index in [1.54, 1.807) is 0 Å². The Bertz CT molecular complexity index is 686. The van der Waals surface area contributed by atoms with E-state index in [0.717, 1.165) is 38.7 Å². The first-order valence-electron chi connectivity index (χ1n) is 10.9. The SMILES string of the molecule is C/C=C/COCC1C2CCC(O2)C1Cc1cccc(OC(CCCC)C(=O)O)c1. The molecular weight excluding hydrogens is 368 g/mol. The van der Waals surface area contributed by atoms with Crippen molar-refractivity contribution in [1.29, 1.82) is 0 Å². The first kappa shape index (κ1) is 21.8. The Morgan fingerprint density at radius 1 is 1.31 bits per heavy atom. The normalized spacial score (nSPS) is 26.8. The summed E-state index contributed by atoms with van der Waals surface area (Å²) < 4.78 is 17.9. The van der Waals surface area contributed by atoms with Gasteiger partial charge in [0.2, 0.25) is 0 Å². The maximum Gasteiger partial charge on any atom is 0.344 e. The second-order valence-electron chi connectivity index (χ2n) is 8.16. The number of hydrogen-bond donors (Lipinski definition) is 1. The van der Waals surface area contributed by atoms with Crippen molar-refractivity contribution >= 4 is 5.97 Å². The lowest BCUT2D eigenvalue weighted by molar-refractivity contribution is -0.145. The number of ether oxygens (including phenoxy) is 3. The van der Waals surface area contributed by atoms with E-state index in [1.807, 2.05) is 37.3 Å². The van der Waals surface area contributed by atoms with Gasteiger partial charge in [-0.15, -0.1) is 0 Å². The number of hydrogen-bond acceptors (Lipinski definition) is 4. The Morgan fingerprint density at radius 2 is 2.10 bits per heavy atom. The van der Waals surface area contributed by atoms with Crippen LogP contribution in [0, 0.1) is 11.8 Å². The van der Waals surface area contributed by atoms with Gasteiger partial charge in [0, 0.05) is 5.92 Å². The fourth-order valence-electron chi connectivity index (χ4n) is 4.56. The largest absolute Gasteiger partial charge is 0.479 e. The number of benzene rings is 1. The lowest BCUT2D eigenvalue weighted by atomic mass is 9.76. The molecular formula is C24H34O5. The zero-order valence-corrected chi connectivity index (χ0v) is 17.6. The summed E-state index contributed by atoms with van der Waals surface area (Å²) in [7, 11) is 0. The second-order valence-corrected chi connectivity index (χ2v) is 8.16. The molecule has 160 valence electrons. The van der Waals surface area contributed by atoms with E-state index < -0.39 is 12.1 Å². The van der Waals surface area contributed by atoms with E-state index in [9.17, 15) is 9.90 Å². The fourth-order valence-corrected chi connectivity index (χ4v) is 4.56. The molecule has 0 saturated carbocycles. The van der Waals surface area contributed by atoms with Crippen molar-refractivity contribution in [1.82, 2.24) is 0 Å². The second kappa shape index (κ2) is 10.8.